The highest BCUT2D eigenvalue weighted by atomic mass is 16.5. The van der Waals surface area contributed by atoms with Crippen LogP contribution >= 0.6 is 0 Å². The van der Waals surface area contributed by atoms with E-state index in [1.807, 2.05) is 37.3 Å². The third-order valence-corrected chi connectivity index (χ3v) is 2.72. The number of fused-ring (bicyclic) bond motifs is 1. The molecule has 0 atom stereocenters. The topological polar surface area (TPSA) is 34.1 Å². The van der Waals surface area contributed by atoms with Gasteiger partial charge in [0.2, 0.25) is 0 Å². The largest absolute Gasteiger partial charge is 0.493 e. The summed E-state index contributed by atoms with van der Waals surface area (Å²) in [5, 5.41) is 4.45. The minimum Gasteiger partial charge on any atom is -0.493 e. The molecule has 0 saturated carbocycles. The maximum absolute atomic E-state index is 5.70. The predicted octanol–water partition coefficient (Wildman–Crippen LogP) is 3.13. The number of pyridine rings is 1. The normalized spacial score (nSPS) is 11.1. The molecular formula is C15H20N2O. The van der Waals surface area contributed by atoms with E-state index in [9.17, 15) is 0 Å². The molecule has 0 aliphatic carbocycles. The van der Waals surface area contributed by atoms with Crippen LogP contribution in [0.4, 0.5) is 0 Å². The molecule has 3 heteroatoms. The molecule has 0 aliphatic heterocycles. The second-order valence-electron chi connectivity index (χ2n) is 4.60. The van der Waals surface area contributed by atoms with Crippen molar-refractivity contribution in [3.8, 4) is 5.75 Å². The van der Waals surface area contributed by atoms with Gasteiger partial charge in [-0.25, -0.2) is 0 Å². The first-order chi connectivity index (χ1) is 8.70. The Bertz CT molecular complexity index is 523. The highest BCUT2D eigenvalue weighted by molar-refractivity contribution is 5.85. The lowest BCUT2D eigenvalue weighted by Gasteiger charge is -2.12. The molecular weight excluding hydrogens is 224 g/mol. The smallest absolute Gasteiger partial charge is 0.130 e. The van der Waals surface area contributed by atoms with Gasteiger partial charge in [-0.2, -0.15) is 0 Å². The van der Waals surface area contributed by atoms with E-state index in [0.717, 1.165) is 28.9 Å². The predicted molar refractivity (Wildman–Crippen MR) is 74.9 cm³/mol. The van der Waals surface area contributed by atoms with Crippen LogP contribution in [0.1, 0.15) is 26.5 Å². The van der Waals surface area contributed by atoms with E-state index >= 15 is 0 Å². The van der Waals surface area contributed by atoms with Crippen LogP contribution in [0.3, 0.4) is 0 Å². The maximum Gasteiger partial charge on any atom is 0.130 e. The SMILES string of the molecule is CCOc1cc(CNC(C)C)nc2ccccc12. The zero-order valence-electron chi connectivity index (χ0n) is 11.2. The van der Waals surface area contributed by atoms with Gasteiger partial charge in [0.15, 0.2) is 0 Å². The highest BCUT2D eigenvalue weighted by Gasteiger charge is 2.06. The summed E-state index contributed by atoms with van der Waals surface area (Å²) in [5.41, 5.74) is 2.01. The molecule has 2 rings (SSSR count). The molecule has 1 aromatic heterocycles. The maximum atomic E-state index is 5.70. The average molecular weight is 244 g/mol. The second kappa shape index (κ2) is 5.83. The van der Waals surface area contributed by atoms with Gasteiger partial charge in [-0.1, -0.05) is 26.0 Å². The Balaban J connectivity index is 2.37. The molecule has 1 heterocycles. The molecule has 3 nitrogen and oxygen atoms in total. The van der Waals surface area contributed by atoms with Gasteiger partial charge in [0.1, 0.15) is 5.75 Å². The summed E-state index contributed by atoms with van der Waals surface area (Å²) in [4.78, 5) is 4.65. The number of aromatic nitrogens is 1. The van der Waals surface area contributed by atoms with E-state index in [2.05, 4.69) is 24.1 Å². The van der Waals surface area contributed by atoms with Crippen LogP contribution in [-0.4, -0.2) is 17.6 Å². The second-order valence-corrected chi connectivity index (χ2v) is 4.60. The van der Waals surface area contributed by atoms with Crippen LogP contribution < -0.4 is 10.1 Å². The van der Waals surface area contributed by atoms with E-state index in [1.54, 1.807) is 0 Å². The van der Waals surface area contributed by atoms with Gasteiger partial charge in [-0.15, -0.1) is 0 Å². The van der Waals surface area contributed by atoms with Gasteiger partial charge in [0, 0.05) is 24.0 Å². The quantitative estimate of drug-likeness (QED) is 0.877. The first kappa shape index (κ1) is 12.8. The fourth-order valence-electron chi connectivity index (χ4n) is 1.87. The first-order valence-electron chi connectivity index (χ1n) is 6.45. The fourth-order valence-corrected chi connectivity index (χ4v) is 1.87. The van der Waals surface area contributed by atoms with E-state index in [-0.39, 0.29) is 0 Å². The van der Waals surface area contributed by atoms with Gasteiger partial charge in [0.05, 0.1) is 17.8 Å². The van der Waals surface area contributed by atoms with Crippen LogP contribution in [0.2, 0.25) is 0 Å². The molecule has 1 N–H and O–H groups in total. The van der Waals surface area contributed by atoms with Gasteiger partial charge in [0.25, 0.3) is 0 Å². The summed E-state index contributed by atoms with van der Waals surface area (Å²) in [7, 11) is 0. The van der Waals surface area contributed by atoms with Gasteiger partial charge in [-0.05, 0) is 19.1 Å². The molecule has 0 saturated heterocycles. The Labute approximate surface area is 108 Å². The summed E-state index contributed by atoms with van der Waals surface area (Å²) < 4.78 is 5.70. The molecule has 1 aromatic carbocycles. The fraction of sp³-hybridized carbons (Fsp3) is 0.400. The van der Waals surface area contributed by atoms with Crippen molar-refractivity contribution in [1.29, 1.82) is 0 Å². The third kappa shape index (κ3) is 2.99. The molecule has 0 bridgehead atoms. The molecule has 0 amide bonds. The zero-order chi connectivity index (χ0) is 13.0. The summed E-state index contributed by atoms with van der Waals surface area (Å²) >= 11 is 0. The average Bonchev–Trinajstić information content (AvgIpc) is 2.37. The minimum atomic E-state index is 0.453. The van der Waals surface area contributed by atoms with E-state index in [1.165, 1.54) is 0 Å². The van der Waals surface area contributed by atoms with Crippen molar-refractivity contribution >= 4 is 10.9 Å². The molecule has 0 aliphatic rings. The van der Waals surface area contributed by atoms with Crippen molar-refractivity contribution in [3.05, 3.63) is 36.0 Å². The lowest BCUT2D eigenvalue weighted by atomic mass is 10.2. The Hall–Kier alpha value is -1.61. The van der Waals surface area contributed by atoms with Crippen LogP contribution in [-0.2, 0) is 6.54 Å². The molecule has 0 unspecified atom stereocenters. The number of nitrogens with one attached hydrogen (secondary N) is 1. The molecule has 18 heavy (non-hydrogen) atoms. The molecule has 0 fully saturated rings. The number of benzene rings is 1. The van der Waals surface area contributed by atoms with Crippen molar-refractivity contribution < 1.29 is 4.74 Å². The summed E-state index contributed by atoms with van der Waals surface area (Å²) in [6.07, 6.45) is 0. The molecule has 0 radical (unpaired) electrons. The van der Waals surface area contributed by atoms with Crippen molar-refractivity contribution in [2.75, 3.05) is 6.61 Å². The number of hydrogen-bond acceptors (Lipinski definition) is 3. The first-order valence-corrected chi connectivity index (χ1v) is 6.45. The van der Waals surface area contributed by atoms with Gasteiger partial charge < -0.3 is 10.1 Å². The molecule has 0 spiro atoms. The van der Waals surface area contributed by atoms with Crippen LogP contribution in [0, 0.1) is 0 Å². The standard InChI is InChI=1S/C15H20N2O/c1-4-18-15-9-12(10-16-11(2)3)17-14-8-6-5-7-13(14)15/h5-9,11,16H,4,10H2,1-3H3. The van der Waals surface area contributed by atoms with Crippen molar-refractivity contribution in [2.24, 2.45) is 0 Å². The van der Waals surface area contributed by atoms with E-state index in [0.29, 0.717) is 12.6 Å². The lowest BCUT2D eigenvalue weighted by molar-refractivity contribution is 0.343. The Kier molecular flexibility index (Phi) is 4.15. The van der Waals surface area contributed by atoms with Crippen molar-refractivity contribution in [1.82, 2.24) is 10.3 Å². The zero-order valence-corrected chi connectivity index (χ0v) is 11.2. The summed E-state index contributed by atoms with van der Waals surface area (Å²) in [6.45, 7) is 7.70. The Morgan fingerprint density at radius 2 is 2.06 bits per heavy atom. The van der Waals surface area contributed by atoms with Crippen molar-refractivity contribution in [2.45, 2.75) is 33.4 Å². The Morgan fingerprint density at radius 1 is 1.28 bits per heavy atom. The van der Waals surface area contributed by atoms with Gasteiger partial charge >= 0.3 is 0 Å². The monoisotopic (exact) mass is 244 g/mol. The van der Waals surface area contributed by atoms with Crippen LogP contribution in [0.25, 0.3) is 10.9 Å². The summed E-state index contributed by atoms with van der Waals surface area (Å²) in [5.74, 6) is 0.920. The van der Waals surface area contributed by atoms with Crippen LogP contribution in [0.15, 0.2) is 30.3 Å². The molecule has 2 aromatic rings. The number of nitrogens with zero attached hydrogens (tertiary/aromatic N) is 1. The lowest BCUT2D eigenvalue weighted by Crippen LogP contribution is -2.22. The summed E-state index contributed by atoms with van der Waals surface area (Å²) in [6, 6.07) is 10.6. The highest BCUT2D eigenvalue weighted by Crippen LogP contribution is 2.25. The Morgan fingerprint density at radius 3 is 2.78 bits per heavy atom. The number of rotatable bonds is 5. The number of hydrogen-bond donors (Lipinski definition) is 1. The third-order valence-electron chi connectivity index (χ3n) is 2.72. The number of ether oxygens (including phenoxy) is 1. The van der Waals surface area contributed by atoms with Crippen molar-refractivity contribution in [3.63, 3.8) is 0 Å². The molecule has 96 valence electrons. The van der Waals surface area contributed by atoms with Gasteiger partial charge in [-0.3, -0.25) is 4.98 Å². The minimum absolute atomic E-state index is 0.453. The van der Waals surface area contributed by atoms with E-state index < -0.39 is 0 Å². The van der Waals surface area contributed by atoms with Crippen LogP contribution in [0.5, 0.6) is 5.75 Å². The van der Waals surface area contributed by atoms with E-state index in [4.69, 9.17) is 4.74 Å². The number of para-hydroxylation sites is 1.